The highest BCUT2D eigenvalue weighted by molar-refractivity contribution is 5.93. The fraction of sp³-hybridized carbons (Fsp3) is 0.429. The largest absolute Gasteiger partial charge is 0.450 e. The smallest absolute Gasteiger partial charge is 0.411 e. The molecule has 0 heterocycles. The van der Waals surface area contributed by atoms with Crippen LogP contribution in [-0.4, -0.2) is 32.2 Å². The van der Waals surface area contributed by atoms with E-state index in [4.69, 9.17) is 4.74 Å². The molecule has 0 radical (unpaired) electrons. The fourth-order valence-electron chi connectivity index (χ4n) is 1.59. The summed E-state index contributed by atoms with van der Waals surface area (Å²) in [6.07, 6.45) is -0.494. The maximum Gasteiger partial charge on any atom is 0.411 e. The van der Waals surface area contributed by atoms with Crippen molar-refractivity contribution in [2.45, 2.75) is 13.8 Å². The van der Waals surface area contributed by atoms with Crippen LogP contribution in [0.1, 0.15) is 13.8 Å². The minimum absolute atomic E-state index is 0.0505. The van der Waals surface area contributed by atoms with Crippen LogP contribution < -0.4 is 16.0 Å². The number of hydrogen-bond donors (Lipinski definition) is 3. The van der Waals surface area contributed by atoms with E-state index in [-0.39, 0.29) is 11.8 Å². The highest BCUT2D eigenvalue weighted by atomic mass is 16.5. The fourth-order valence-corrected chi connectivity index (χ4v) is 1.59. The molecule has 0 aliphatic carbocycles. The maximum atomic E-state index is 11.8. The van der Waals surface area contributed by atoms with Crippen molar-refractivity contribution in [1.29, 1.82) is 0 Å². The summed E-state index contributed by atoms with van der Waals surface area (Å²) in [5.74, 6) is -0.164. The second-order valence-corrected chi connectivity index (χ2v) is 4.37. The molecule has 0 aliphatic heterocycles. The first-order chi connectivity index (χ1) is 9.56. The molecule has 1 aromatic carbocycles. The van der Waals surface area contributed by atoms with Gasteiger partial charge in [-0.25, -0.2) is 4.79 Å². The number of rotatable bonds is 6. The molecule has 1 unspecified atom stereocenters. The minimum Gasteiger partial charge on any atom is -0.450 e. The van der Waals surface area contributed by atoms with Crippen molar-refractivity contribution in [3.05, 3.63) is 24.3 Å². The number of nitrogens with one attached hydrogen (secondary N) is 3. The van der Waals surface area contributed by atoms with Gasteiger partial charge in [0.15, 0.2) is 0 Å². The average molecular weight is 279 g/mol. The number of benzene rings is 1. The molecule has 110 valence electrons. The molecule has 0 aliphatic rings. The van der Waals surface area contributed by atoms with Crippen molar-refractivity contribution in [2.75, 3.05) is 30.8 Å². The molecule has 0 bridgehead atoms. The molecule has 1 atom stereocenters. The number of carbonyl (C=O) groups is 2. The zero-order valence-corrected chi connectivity index (χ0v) is 12.0. The van der Waals surface area contributed by atoms with Crippen molar-refractivity contribution >= 4 is 23.4 Å². The molecule has 0 saturated heterocycles. The Kier molecular flexibility index (Phi) is 6.52. The number of amides is 2. The van der Waals surface area contributed by atoms with E-state index in [0.29, 0.717) is 24.5 Å². The summed E-state index contributed by atoms with van der Waals surface area (Å²) in [6.45, 7) is 4.53. The Labute approximate surface area is 118 Å². The van der Waals surface area contributed by atoms with Crippen LogP contribution >= 0.6 is 0 Å². The number of ether oxygens (including phenoxy) is 1. The van der Waals surface area contributed by atoms with Crippen molar-refractivity contribution in [3.63, 3.8) is 0 Å². The van der Waals surface area contributed by atoms with Gasteiger partial charge in [0.1, 0.15) is 0 Å². The molecular formula is C14H21N3O3. The van der Waals surface area contributed by atoms with E-state index in [9.17, 15) is 9.59 Å². The highest BCUT2D eigenvalue weighted by Gasteiger charge is 2.11. The van der Waals surface area contributed by atoms with Crippen LogP contribution in [0.2, 0.25) is 0 Å². The number of anilines is 2. The normalized spacial score (nSPS) is 11.6. The molecule has 6 heteroatoms. The zero-order valence-electron chi connectivity index (χ0n) is 12.0. The summed E-state index contributed by atoms with van der Waals surface area (Å²) in [7, 11) is 1.81. The van der Waals surface area contributed by atoms with Gasteiger partial charge < -0.3 is 15.4 Å². The van der Waals surface area contributed by atoms with Crippen molar-refractivity contribution < 1.29 is 14.3 Å². The van der Waals surface area contributed by atoms with Gasteiger partial charge in [-0.1, -0.05) is 6.92 Å². The number of carbonyl (C=O) groups excluding carboxylic acids is 2. The van der Waals surface area contributed by atoms with Gasteiger partial charge in [0, 0.05) is 23.8 Å². The second-order valence-electron chi connectivity index (χ2n) is 4.37. The SMILES string of the molecule is CCOC(=O)Nc1ccc(NC(=O)C(C)CNC)cc1. The molecule has 6 nitrogen and oxygen atoms in total. The Morgan fingerprint density at radius 2 is 1.70 bits per heavy atom. The lowest BCUT2D eigenvalue weighted by Gasteiger charge is -2.12. The lowest BCUT2D eigenvalue weighted by molar-refractivity contribution is -0.119. The summed E-state index contributed by atoms with van der Waals surface area (Å²) < 4.78 is 4.77. The van der Waals surface area contributed by atoms with Crippen molar-refractivity contribution in [1.82, 2.24) is 5.32 Å². The Balaban J connectivity index is 2.54. The Bertz CT molecular complexity index is 445. The van der Waals surface area contributed by atoms with Gasteiger partial charge in [-0.3, -0.25) is 10.1 Å². The number of hydrogen-bond acceptors (Lipinski definition) is 4. The first-order valence-electron chi connectivity index (χ1n) is 6.56. The van der Waals surface area contributed by atoms with Gasteiger partial charge in [-0.15, -0.1) is 0 Å². The molecule has 1 aromatic rings. The monoisotopic (exact) mass is 279 g/mol. The topological polar surface area (TPSA) is 79.5 Å². The highest BCUT2D eigenvalue weighted by Crippen LogP contribution is 2.14. The molecule has 0 saturated carbocycles. The van der Waals surface area contributed by atoms with Crippen molar-refractivity contribution in [3.8, 4) is 0 Å². The van der Waals surface area contributed by atoms with Crippen molar-refractivity contribution in [2.24, 2.45) is 5.92 Å². The van der Waals surface area contributed by atoms with Gasteiger partial charge in [0.05, 0.1) is 6.61 Å². The van der Waals surface area contributed by atoms with E-state index >= 15 is 0 Å². The first-order valence-corrected chi connectivity index (χ1v) is 6.56. The third kappa shape index (κ3) is 5.27. The summed E-state index contributed by atoms with van der Waals surface area (Å²) in [5.41, 5.74) is 1.30. The molecule has 0 aromatic heterocycles. The molecular weight excluding hydrogens is 258 g/mol. The summed E-state index contributed by atoms with van der Waals surface area (Å²) >= 11 is 0. The summed E-state index contributed by atoms with van der Waals surface area (Å²) in [5, 5.41) is 8.35. The molecule has 3 N–H and O–H groups in total. The molecule has 2 amide bonds. The quantitative estimate of drug-likeness (QED) is 0.744. The van der Waals surface area contributed by atoms with E-state index < -0.39 is 6.09 Å². The Hall–Kier alpha value is -2.08. The predicted molar refractivity (Wildman–Crippen MR) is 78.8 cm³/mol. The van der Waals surface area contributed by atoms with Crippen LogP contribution in [0.4, 0.5) is 16.2 Å². The van der Waals surface area contributed by atoms with Crippen LogP contribution in [0.25, 0.3) is 0 Å². The van der Waals surface area contributed by atoms with E-state index in [1.165, 1.54) is 0 Å². The molecule has 1 rings (SSSR count). The second kappa shape index (κ2) is 8.16. The van der Waals surface area contributed by atoms with Gasteiger partial charge in [0.2, 0.25) is 5.91 Å². The maximum absolute atomic E-state index is 11.8. The Morgan fingerprint density at radius 1 is 1.15 bits per heavy atom. The van der Waals surface area contributed by atoms with Crippen LogP contribution in [0.5, 0.6) is 0 Å². The third-order valence-corrected chi connectivity index (χ3v) is 2.63. The molecule has 20 heavy (non-hydrogen) atoms. The van der Waals surface area contributed by atoms with Gasteiger partial charge in [0.25, 0.3) is 0 Å². The van der Waals surface area contributed by atoms with Crippen LogP contribution in [-0.2, 0) is 9.53 Å². The summed E-state index contributed by atoms with van der Waals surface area (Å²) in [6, 6.07) is 6.86. The van der Waals surface area contributed by atoms with Gasteiger partial charge in [-0.05, 0) is 38.2 Å². The Morgan fingerprint density at radius 3 is 2.20 bits per heavy atom. The van der Waals surface area contributed by atoms with Crippen LogP contribution in [0.3, 0.4) is 0 Å². The molecule has 0 spiro atoms. The van der Waals surface area contributed by atoms with Crippen LogP contribution in [0, 0.1) is 5.92 Å². The minimum atomic E-state index is -0.494. The lowest BCUT2D eigenvalue weighted by Crippen LogP contribution is -2.28. The van der Waals surface area contributed by atoms with Gasteiger partial charge in [-0.2, -0.15) is 0 Å². The predicted octanol–water partition coefficient (Wildman–Crippen LogP) is 2.05. The van der Waals surface area contributed by atoms with E-state index in [1.54, 1.807) is 38.2 Å². The van der Waals surface area contributed by atoms with Crippen LogP contribution in [0.15, 0.2) is 24.3 Å². The lowest BCUT2D eigenvalue weighted by atomic mass is 10.1. The standard InChI is InChI=1S/C14H21N3O3/c1-4-20-14(19)17-12-7-5-11(6-8-12)16-13(18)10(2)9-15-3/h5-8,10,15H,4,9H2,1-3H3,(H,16,18)(H,17,19). The van der Waals surface area contributed by atoms with E-state index in [0.717, 1.165) is 0 Å². The first kappa shape index (κ1) is 16.0. The average Bonchev–Trinajstić information content (AvgIpc) is 2.41. The van der Waals surface area contributed by atoms with E-state index in [1.807, 2.05) is 6.92 Å². The van der Waals surface area contributed by atoms with E-state index in [2.05, 4.69) is 16.0 Å². The molecule has 0 fully saturated rings. The van der Waals surface area contributed by atoms with Gasteiger partial charge >= 0.3 is 6.09 Å². The third-order valence-electron chi connectivity index (χ3n) is 2.63. The summed E-state index contributed by atoms with van der Waals surface area (Å²) in [4.78, 5) is 23.0. The zero-order chi connectivity index (χ0) is 15.0.